The van der Waals surface area contributed by atoms with Crippen LogP contribution >= 0.6 is 0 Å². The van der Waals surface area contributed by atoms with Crippen LogP contribution < -0.4 is 10.1 Å². The van der Waals surface area contributed by atoms with E-state index in [1.165, 1.54) is 0 Å². The maximum atomic E-state index is 12.8. The van der Waals surface area contributed by atoms with Gasteiger partial charge >= 0.3 is 0 Å². The highest BCUT2D eigenvalue weighted by Gasteiger charge is 2.24. The Hall–Kier alpha value is -2.40. The Morgan fingerprint density at radius 1 is 1.36 bits per heavy atom. The zero-order valence-electron chi connectivity index (χ0n) is 15.1. The van der Waals surface area contributed by atoms with Gasteiger partial charge < -0.3 is 15.0 Å². The predicted octanol–water partition coefficient (Wildman–Crippen LogP) is 2.71. The molecule has 25 heavy (non-hydrogen) atoms. The first-order valence-corrected chi connectivity index (χ1v) is 8.67. The van der Waals surface area contributed by atoms with Crippen LogP contribution in [0.3, 0.4) is 0 Å². The lowest BCUT2D eigenvalue weighted by Gasteiger charge is -2.24. The van der Waals surface area contributed by atoms with Crippen molar-refractivity contribution in [2.75, 3.05) is 20.1 Å². The van der Waals surface area contributed by atoms with E-state index in [2.05, 4.69) is 10.3 Å². The summed E-state index contributed by atoms with van der Waals surface area (Å²) in [5.74, 6) is 0.907. The van der Waals surface area contributed by atoms with Crippen molar-refractivity contribution in [3.8, 4) is 5.75 Å². The number of aryl methyl sites for hydroxylation is 2. The van der Waals surface area contributed by atoms with Gasteiger partial charge in [0.1, 0.15) is 12.4 Å². The fraction of sp³-hybridized carbons (Fsp3) is 0.400. The number of ether oxygens (including phenoxy) is 1. The van der Waals surface area contributed by atoms with E-state index in [9.17, 15) is 4.79 Å². The number of amides is 1. The summed E-state index contributed by atoms with van der Waals surface area (Å²) in [5.41, 5.74) is 3.70. The molecular weight excluding hydrogens is 314 g/mol. The van der Waals surface area contributed by atoms with Crippen LogP contribution in [-0.2, 0) is 6.61 Å². The van der Waals surface area contributed by atoms with E-state index in [0.29, 0.717) is 6.61 Å². The summed E-state index contributed by atoms with van der Waals surface area (Å²) in [7, 11) is 1.89. The molecule has 0 aliphatic carbocycles. The Kier molecular flexibility index (Phi) is 5.34. The summed E-state index contributed by atoms with van der Waals surface area (Å²) < 4.78 is 5.97. The molecular formula is C20H25N3O2. The normalized spacial score (nSPS) is 16.7. The largest absolute Gasteiger partial charge is 0.488 e. The highest BCUT2D eigenvalue weighted by atomic mass is 16.5. The molecule has 5 heteroatoms. The lowest BCUT2D eigenvalue weighted by Crippen LogP contribution is -2.38. The molecule has 0 spiro atoms. The molecule has 1 aliphatic rings. The molecule has 1 aromatic heterocycles. The van der Waals surface area contributed by atoms with Crippen LogP contribution in [0.1, 0.15) is 33.5 Å². The summed E-state index contributed by atoms with van der Waals surface area (Å²) in [4.78, 5) is 18.7. The van der Waals surface area contributed by atoms with Crippen LogP contribution in [0.4, 0.5) is 0 Å². The number of pyridine rings is 1. The van der Waals surface area contributed by atoms with Crippen molar-refractivity contribution < 1.29 is 9.53 Å². The number of nitrogens with zero attached hydrogens (tertiary/aromatic N) is 2. The molecule has 1 saturated heterocycles. The maximum Gasteiger partial charge on any atom is 0.253 e. The Morgan fingerprint density at radius 2 is 2.12 bits per heavy atom. The molecule has 1 aliphatic heterocycles. The van der Waals surface area contributed by atoms with Gasteiger partial charge in [0.25, 0.3) is 5.91 Å². The molecule has 2 heterocycles. The van der Waals surface area contributed by atoms with Gasteiger partial charge in [-0.05, 0) is 56.1 Å². The number of carbonyl (C=O) groups is 1. The molecule has 0 bridgehead atoms. The molecule has 0 saturated carbocycles. The van der Waals surface area contributed by atoms with E-state index in [4.69, 9.17) is 4.74 Å². The van der Waals surface area contributed by atoms with Crippen molar-refractivity contribution in [3.05, 3.63) is 58.9 Å². The molecule has 1 fully saturated rings. The Labute approximate surface area is 149 Å². The second-order valence-electron chi connectivity index (χ2n) is 6.65. The summed E-state index contributed by atoms with van der Waals surface area (Å²) >= 11 is 0. The van der Waals surface area contributed by atoms with Crippen LogP contribution in [-0.4, -0.2) is 42.0 Å². The molecule has 1 aromatic carbocycles. The zero-order chi connectivity index (χ0) is 17.8. The van der Waals surface area contributed by atoms with Crippen molar-refractivity contribution in [2.24, 2.45) is 0 Å². The van der Waals surface area contributed by atoms with E-state index < -0.39 is 0 Å². The van der Waals surface area contributed by atoms with Gasteiger partial charge in [0, 0.05) is 43.2 Å². The van der Waals surface area contributed by atoms with Crippen LogP contribution in [0, 0.1) is 13.8 Å². The maximum absolute atomic E-state index is 12.8. The number of likely N-dealkylation sites (N-methyl/N-ethyl adjacent to an activating group) is 1. The Morgan fingerprint density at radius 3 is 2.72 bits per heavy atom. The number of rotatable bonds is 5. The Balaban J connectivity index is 1.74. The van der Waals surface area contributed by atoms with Crippen molar-refractivity contribution in [1.82, 2.24) is 15.2 Å². The fourth-order valence-corrected chi connectivity index (χ4v) is 3.28. The molecule has 1 amide bonds. The molecule has 1 N–H and O–H groups in total. The molecule has 1 atom stereocenters. The van der Waals surface area contributed by atoms with Crippen molar-refractivity contribution >= 4 is 5.91 Å². The minimum absolute atomic E-state index is 0.0682. The highest BCUT2D eigenvalue weighted by Crippen LogP contribution is 2.26. The van der Waals surface area contributed by atoms with E-state index >= 15 is 0 Å². The van der Waals surface area contributed by atoms with Gasteiger partial charge in [-0.25, -0.2) is 0 Å². The highest BCUT2D eigenvalue weighted by molar-refractivity contribution is 5.95. The molecule has 0 radical (unpaired) electrons. The lowest BCUT2D eigenvalue weighted by molar-refractivity contribution is 0.0743. The summed E-state index contributed by atoms with van der Waals surface area (Å²) in [6.07, 6.45) is 4.55. The third-order valence-electron chi connectivity index (χ3n) is 4.72. The topological polar surface area (TPSA) is 54.5 Å². The average Bonchev–Trinajstić information content (AvgIpc) is 3.15. The number of hydrogen-bond acceptors (Lipinski definition) is 4. The number of carbonyl (C=O) groups excluding carboxylic acids is 1. The molecule has 3 rings (SSSR count). The van der Waals surface area contributed by atoms with Crippen LogP contribution in [0.15, 0.2) is 36.7 Å². The van der Waals surface area contributed by atoms with Gasteiger partial charge in [-0.15, -0.1) is 0 Å². The van der Waals surface area contributed by atoms with Gasteiger partial charge in [0.2, 0.25) is 0 Å². The third-order valence-corrected chi connectivity index (χ3v) is 4.72. The Bertz CT molecular complexity index is 717. The molecule has 2 aromatic rings. The monoisotopic (exact) mass is 339 g/mol. The smallest absolute Gasteiger partial charge is 0.253 e. The van der Waals surface area contributed by atoms with Crippen LogP contribution in [0.2, 0.25) is 0 Å². The van der Waals surface area contributed by atoms with Crippen LogP contribution in [0.25, 0.3) is 0 Å². The molecule has 5 nitrogen and oxygen atoms in total. The predicted molar refractivity (Wildman–Crippen MR) is 97.9 cm³/mol. The van der Waals surface area contributed by atoms with Crippen molar-refractivity contribution in [2.45, 2.75) is 32.9 Å². The molecule has 132 valence electrons. The number of benzene rings is 1. The standard InChI is InChI=1S/C20H25N3O2/c1-14-9-17(20(24)23(3)18-6-8-22-12-18)10-15(2)19(14)25-13-16-5-4-7-21-11-16/h4-5,7,9-11,18,22H,6,8,12-13H2,1-3H3. The van der Waals surface area contributed by atoms with Gasteiger partial charge in [0.05, 0.1) is 0 Å². The summed E-state index contributed by atoms with van der Waals surface area (Å²) in [5, 5.41) is 3.30. The zero-order valence-corrected chi connectivity index (χ0v) is 15.1. The first-order chi connectivity index (χ1) is 12.1. The SMILES string of the molecule is Cc1cc(C(=O)N(C)C2CCNC2)cc(C)c1OCc1cccnc1. The fourth-order valence-electron chi connectivity index (χ4n) is 3.28. The quantitative estimate of drug-likeness (QED) is 0.910. The number of nitrogens with one attached hydrogen (secondary N) is 1. The minimum Gasteiger partial charge on any atom is -0.488 e. The average molecular weight is 339 g/mol. The number of hydrogen-bond donors (Lipinski definition) is 1. The van der Waals surface area contributed by atoms with Crippen molar-refractivity contribution in [3.63, 3.8) is 0 Å². The van der Waals surface area contributed by atoms with Gasteiger partial charge in [-0.1, -0.05) is 6.07 Å². The van der Waals surface area contributed by atoms with E-state index in [-0.39, 0.29) is 11.9 Å². The van der Waals surface area contributed by atoms with E-state index in [1.54, 1.807) is 12.4 Å². The first-order valence-electron chi connectivity index (χ1n) is 8.67. The van der Waals surface area contributed by atoms with Crippen LogP contribution in [0.5, 0.6) is 5.75 Å². The molecule has 1 unspecified atom stereocenters. The number of aromatic nitrogens is 1. The second kappa shape index (κ2) is 7.66. The van der Waals surface area contributed by atoms with Gasteiger partial charge in [0.15, 0.2) is 0 Å². The summed E-state index contributed by atoms with van der Waals surface area (Å²) in [6, 6.07) is 8.00. The first kappa shape index (κ1) is 17.4. The summed E-state index contributed by atoms with van der Waals surface area (Å²) in [6.45, 7) is 6.28. The lowest BCUT2D eigenvalue weighted by atomic mass is 10.0. The van der Waals surface area contributed by atoms with E-state index in [0.717, 1.165) is 47.5 Å². The van der Waals surface area contributed by atoms with Gasteiger partial charge in [-0.3, -0.25) is 9.78 Å². The minimum atomic E-state index is 0.0682. The second-order valence-corrected chi connectivity index (χ2v) is 6.65. The van der Waals surface area contributed by atoms with Crippen molar-refractivity contribution in [1.29, 1.82) is 0 Å². The van der Waals surface area contributed by atoms with Gasteiger partial charge in [-0.2, -0.15) is 0 Å². The third kappa shape index (κ3) is 3.99. The van der Waals surface area contributed by atoms with E-state index in [1.807, 2.05) is 50.1 Å².